The van der Waals surface area contributed by atoms with Crippen LogP contribution in [0, 0.1) is 0 Å². The average Bonchev–Trinajstić information content (AvgIpc) is 3.42. The molecule has 1 unspecified atom stereocenters. The Labute approximate surface area is 202 Å². The zero-order chi connectivity index (χ0) is 23.7. The Kier molecular flexibility index (Phi) is 5.94. The number of amides is 2. The molecule has 2 heterocycles. The van der Waals surface area contributed by atoms with Crippen molar-refractivity contribution in [2.75, 3.05) is 23.9 Å². The molecule has 0 radical (unpaired) electrons. The average molecular weight is 469 g/mol. The minimum absolute atomic E-state index is 0.171. The minimum atomic E-state index is -0.434. The Morgan fingerprint density at radius 3 is 2.50 bits per heavy atom. The molecule has 4 aromatic rings. The second kappa shape index (κ2) is 9.19. The first kappa shape index (κ1) is 22.0. The number of nitrogens with one attached hydrogen (secondary N) is 1. The van der Waals surface area contributed by atoms with Gasteiger partial charge in [0.05, 0.1) is 16.6 Å². The van der Waals surface area contributed by atoms with Crippen LogP contribution in [-0.4, -0.2) is 42.4 Å². The van der Waals surface area contributed by atoms with Gasteiger partial charge in [-0.1, -0.05) is 18.2 Å². The number of aliphatic imine (C=N–C) groups is 1. The summed E-state index contributed by atoms with van der Waals surface area (Å²) in [7, 11) is 4.02. The van der Waals surface area contributed by atoms with Gasteiger partial charge < -0.3 is 9.88 Å². The largest absolute Gasteiger partial charge is 0.378 e. The lowest BCUT2D eigenvalue weighted by Crippen LogP contribution is -2.31. The number of hydrogen-bond donors (Lipinski definition) is 1. The molecular weight excluding hydrogens is 444 g/mol. The quantitative estimate of drug-likeness (QED) is 0.304. The Bertz CT molecular complexity index is 1370. The summed E-state index contributed by atoms with van der Waals surface area (Å²) in [6.45, 7) is 0. The fraction of sp³-hybridized carbons (Fsp3) is 0.148. The number of aromatic amines is 1. The molecule has 1 aliphatic rings. The molecule has 0 spiro atoms. The van der Waals surface area contributed by atoms with Gasteiger partial charge in [-0.05, 0) is 65.5 Å². The molecule has 170 valence electrons. The fourth-order valence-corrected chi connectivity index (χ4v) is 4.98. The zero-order valence-electron chi connectivity index (χ0n) is 18.9. The van der Waals surface area contributed by atoms with Crippen LogP contribution in [0.25, 0.3) is 10.9 Å². The van der Waals surface area contributed by atoms with Crippen molar-refractivity contribution in [1.82, 2.24) is 4.98 Å². The maximum absolute atomic E-state index is 13.0. The molecule has 1 fully saturated rings. The lowest BCUT2D eigenvalue weighted by Gasteiger charge is -2.15. The van der Waals surface area contributed by atoms with Gasteiger partial charge in [0, 0.05) is 49.0 Å². The van der Waals surface area contributed by atoms with E-state index in [1.165, 1.54) is 16.7 Å². The Hall–Kier alpha value is -3.84. The third-order valence-electron chi connectivity index (χ3n) is 5.79. The van der Waals surface area contributed by atoms with Crippen LogP contribution in [0.4, 0.5) is 17.1 Å². The third kappa shape index (κ3) is 4.47. The number of thioether (sulfide) groups is 1. The van der Waals surface area contributed by atoms with E-state index >= 15 is 0 Å². The van der Waals surface area contributed by atoms with Gasteiger partial charge in [0.2, 0.25) is 11.8 Å². The smallest absolute Gasteiger partial charge is 0.247 e. The molecule has 34 heavy (non-hydrogen) atoms. The Balaban J connectivity index is 1.24. The van der Waals surface area contributed by atoms with Gasteiger partial charge in [-0.15, -0.1) is 11.8 Å². The molecule has 0 bridgehead atoms. The molecule has 6 nitrogen and oxygen atoms in total. The predicted octanol–water partition coefficient (Wildman–Crippen LogP) is 5.41. The van der Waals surface area contributed by atoms with E-state index in [0.29, 0.717) is 5.69 Å². The summed E-state index contributed by atoms with van der Waals surface area (Å²) in [4.78, 5) is 37.7. The van der Waals surface area contributed by atoms with Gasteiger partial charge in [0.25, 0.3) is 0 Å². The standard InChI is InChI=1S/C27H24N4O2S/c1-30(2)21-8-3-18(4-9-21)17-29-20-6-11-23(12-7-20)34-25-16-26(32)31(27(25)33)22-10-5-19-13-14-28-24(19)15-22/h3-15,17,25,28H,16H2,1-2H3. The molecule has 7 heteroatoms. The highest BCUT2D eigenvalue weighted by Crippen LogP contribution is 2.35. The van der Waals surface area contributed by atoms with Crippen molar-refractivity contribution in [3.63, 3.8) is 0 Å². The molecule has 1 aliphatic heterocycles. The highest BCUT2D eigenvalue weighted by atomic mass is 32.2. The van der Waals surface area contributed by atoms with Crippen molar-refractivity contribution < 1.29 is 9.59 Å². The van der Waals surface area contributed by atoms with Crippen molar-refractivity contribution >= 4 is 57.8 Å². The van der Waals surface area contributed by atoms with Crippen molar-refractivity contribution in [3.05, 3.63) is 84.6 Å². The lowest BCUT2D eigenvalue weighted by molar-refractivity contribution is -0.121. The Morgan fingerprint density at radius 2 is 1.76 bits per heavy atom. The SMILES string of the molecule is CN(C)c1ccc(C=Nc2ccc(SC3CC(=O)N(c4ccc5cc[nH]c5c4)C3=O)cc2)cc1. The van der Waals surface area contributed by atoms with Crippen molar-refractivity contribution in [3.8, 4) is 0 Å². The van der Waals surface area contributed by atoms with Crippen LogP contribution in [0.3, 0.4) is 0 Å². The molecule has 5 rings (SSSR count). The lowest BCUT2D eigenvalue weighted by atomic mass is 10.2. The number of carbonyl (C=O) groups is 2. The fourth-order valence-electron chi connectivity index (χ4n) is 3.92. The maximum Gasteiger partial charge on any atom is 0.247 e. The molecule has 1 atom stereocenters. The second-order valence-electron chi connectivity index (χ2n) is 8.37. The van der Waals surface area contributed by atoms with E-state index in [9.17, 15) is 9.59 Å². The van der Waals surface area contributed by atoms with E-state index in [2.05, 4.69) is 27.0 Å². The van der Waals surface area contributed by atoms with Crippen molar-refractivity contribution in [2.24, 2.45) is 4.99 Å². The second-order valence-corrected chi connectivity index (χ2v) is 9.64. The summed E-state index contributed by atoms with van der Waals surface area (Å²) in [5.41, 5.74) is 4.50. The van der Waals surface area contributed by atoms with Gasteiger partial charge >= 0.3 is 0 Å². The molecule has 3 aromatic carbocycles. The highest BCUT2D eigenvalue weighted by molar-refractivity contribution is 8.00. The summed E-state index contributed by atoms with van der Waals surface area (Å²) < 4.78 is 0. The summed E-state index contributed by atoms with van der Waals surface area (Å²) in [6.07, 6.45) is 3.87. The zero-order valence-corrected chi connectivity index (χ0v) is 19.8. The van der Waals surface area contributed by atoms with Crippen molar-refractivity contribution in [1.29, 1.82) is 0 Å². The summed E-state index contributed by atoms with van der Waals surface area (Å²) >= 11 is 1.42. The number of rotatable bonds is 6. The summed E-state index contributed by atoms with van der Waals surface area (Å²) in [5.74, 6) is -0.348. The predicted molar refractivity (Wildman–Crippen MR) is 140 cm³/mol. The minimum Gasteiger partial charge on any atom is -0.378 e. The third-order valence-corrected chi connectivity index (χ3v) is 6.99. The van der Waals surface area contributed by atoms with Gasteiger partial charge in [-0.3, -0.25) is 14.6 Å². The van der Waals surface area contributed by atoms with Gasteiger partial charge in [0.15, 0.2) is 0 Å². The number of benzene rings is 3. The van der Waals surface area contributed by atoms with E-state index < -0.39 is 5.25 Å². The molecule has 0 saturated carbocycles. The maximum atomic E-state index is 13.0. The van der Waals surface area contributed by atoms with Crippen LogP contribution in [0.5, 0.6) is 0 Å². The van der Waals surface area contributed by atoms with Crippen LogP contribution < -0.4 is 9.80 Å². The highest BCUT2D eigenvalue weighted by Gasteiger charge is 2.40. The van der Waals surface area contributed by atoms with Crippen molar-refractivity contribution in [2.45, 2.75) is 16.6 Å². The molecular formula is C27H24N4O2S. The molecule has 1 aromatic heterocycles. The van der Waals surface area contributed by atoms with Crippen LogP contribution in [0.2, 0.25) is 0 Å². The van der Waals surface area contributed by atoms with Crippen LogP contribution in [-0.2, 0) is 9.59 Å². The summed E-state index contributed by atoms with van der Waals surface area (Å²) in [5, 5.41) is 0.610. The van der Waals surface area contributed by atoms with Gasteiger partial charge in [-0.2, -0.15) is 0 Å². The van der Waals surface area contributed by atoms with E-state index in [4.69, 9.17) is 0 Å². The molecule has 0 aliphatic carbocycles. The number of aromatic nitrogens is 1. The van der Waals surface area contributed by atoms with E-state index in [-0.39, 0.29) is 18.2 Å². The van der Waals surface area contributed by atoms with Gasteiger partial charge in [-0.25, -0.2) is 4.90 Å². The number of anilines is 2. The molecule has 2 amide bonds. The first-order valence-electron chi connectivity index (χ1n) is 11.0. The molecule has 1 saturated heterocycles. The number of nitrogens with zero attached hydrogens (tertiary/aromatic N) is 3. The number of H-pyrrole nitrogens is 1. The first-order chi connectivity index (χ1) is 16.5. The monoisotopic (exact) mass is 468 g/mol. The van der Waals surface area contributed by atoms with Crippen LogP contribution in [0.1, 0.15) is 12.0 Å². The van der Waals surface area contributed by atoms with E-state index in [0.717, 1.165) is 32.7 Å². The number of carbonyl (C=O) groups excluding carboxylic acids is 2. The van der Waals surface area contributed by atoms with Crippen LogP contribution >= 0.6 is 11.8 Å². The van der Waals surface area contributed by atoms with E-state index in [1.807, 2.05) is 87.2 Å². The molecule has 1 N–H and O–H groups in total. The normalized spacial score (nSPS) is 16.2. The topological polar surface area (TPSA) is 68.8 Å². The van der Waals surface area contributed by atoms with E-state index in [1.54, 1.807) is 0 Å². The number of hydrogen-bond acceptors (Lipinski definition) is 5. The first-order valence-corrected chi connectivity index (χ1v) is 11.9. The Morgan fingerprint density at radius 1 is 1.00 bits per heavy atom. The van der Waals surface area contributed by atoms with Crippen LogP contribution in [0.15, 0.2) is 88.9 Å². The number of imide groups is 1. The summed E-state index contributed by atoms with van der Waals surface area (Å²) in [6, 6.07) is 23.4. The van der Waals surface area contributed by atoms with Gasteiger partial charge in [0.1, 0.15) is 0 Å². The number of fused-ring (bicyclic) bond motifs is 1.